The third kappa shape index (κ3) is 5.54. The van der Waals surface area contributed by atoms with Crippen LogP contribution in [0.2, 0.25) is 0 Å². The zero-order valence-corrected chi connectivity index (χ0v) is 24.0. The van der Waals surface area contributed by atoms with Crippen LogP contribution in [-0.2, 0) is 11.8 Å². The Balaban J connectivity index is 1.29. The monoisotopic (exact) mass is 578 g/mol. The van der Waals surface area contributed by atoms with E-state index >= 15 is 4.39 Å². The highest BCUT2D eigenvalue weighted by molar-refractivity contribution is 5.64. The van der Waals surface area contributed by atoms with E-state index in [1.807, 2.05) is 0 Å². The van der Waals surface area contributed by atoms with Gasteiger partial charge in [0, 0.05) is 43.6 Å². The first-order valence-corrected chi connectivity index (χ1v) is 14.4. The molecular formula is C28H35FN10O3. The van der Waals surface area contributed by atoms with Crippen LogP contribution in [0.15, 0.2) is 23.1 Å². The van der Waals surface area contributed by atoms with Gasteiger partial charge in [0.15, 0.2) is 5.82 Å². The van der Waals surface area contributed by atoms with Gasteiger partial charge in [-0.15, -0.1) is 0 Å². The molecule has 222 valence electrons. The zero-order chi connectivity index (χ0) is 29.4. The molecule has 3 aliphatic heterocycles. The maximum Gasteiger partial charge on any atom is 0.368 e. The molecule has 0 spiro atoms. The maximum absolute atomic E-state index is 15.5. The Bertz CT molecular complexity index is 1560. The van der Waals surface area contributed by atoms with Crippen molar-refractivity contribution in [2.75, 3.05) is 30.4 Å². The first-order valence-electron chi connectivity index (χ1n) is 14.4. The molecule has 14 heteroatoms. The van der Waals surface area contributed by atoms with Crippen molar-refractivity contribution in [3.8, 4) is 17.5 Å². The highest BCUT2D eigenvalue weighted by atomic mass is 19.1. The number of hydrogen-bond donors (Lipinski definition) is 2. The number of piperidine rings is 1. The van der Waals surface area contributed by atoms with Crippen LogP contribution < -0.4 is 21.1 Å². The van der Waals surface area contributed by atoms with E-state index in [1.165, 1.54) is 31.8 Å². The minimum atomic E-state index is -0.629. The molecule has 0 radical (unpaired) electrons. The average Bonchev–Trinajstić information content (AvgIpc) is 3.58. The van der Waals surface area contributed by atoms with Gasteiger partial charge in [-0.2, -0.15) is 19.6 Å². The molecule has 3 aromatic rings. The Hall–Kier alpha value is -4.09. The molecule has 1 aromatic carbocycles. The number of rotatable bonds is 7. The lowest BCUT2D eigenvalue weighted by Gasteiger charge is -2.47. The molecule has 0 saturated carbocycles. The van der Waals surface area contributed by atoms with Gasteiger partial charge >= 0.3 is 5.69 Å². The molecule has 3 saturated heterocycles. The third-order valence-corrected chi connectivity index (χ3v) is 8.41. The van der Waals surface area contributed by atoms with Crippen LogP contribution >= 0.6 is 0 Å². The molecule has 42 heavy (non-hydrogen) atoms. The van der Waals surface area contributed by atoms with Gasteiger partial charge in [-0.1, -0.05) is 0 Å². The third-order valence-electron chi connectivity index (χ3n) is 8.41. The molecule has 0 amide bonds. The van der Waals surface area contributed by atoms with E-state index in [1.54, 1.807) is 0 Å². The Morgan fingerprint density at radius 2 is 2.02 bits per heavy atom. The average molecular weight is 579 g/mol. The van der Waals surface area contributed by atoms with Crippen molar-refractivity contribution in [1.29, 1.82) is 5.26 Å². The van der Waals surface area contributed by atoms with Crippen molar-refractivity contribution >= 4 is 17.5 Å². The Labute approximate surface area is 242 Å². The van der Waals surface area contributed by atoms with Gasteiger partial charge in [0.2, 0.25) is 5.95 Å². The number of anilines is 3. The molecule has 3 fully saturated rings. The van der Waals surface area contributed by atoms with Gasteiger partial charge in [0.1, 0.15) is 35.0 Å². The van der Waals surface area contributed by atoms with Crippen molar-refractivity contribution in [3.05, 3.63) is 40.2 Å². The van der Waals surface area contributed by atoms with E-state index in [4.69, 9.17) is 9.47 Å². The number of hydrogen-bond acceptors (Lipinski definition) is 11. The lowest BCUT2D eigenvalue weighted by atomic mass is 9.84. The molecule has 2 atom stereocenters. The van der Waals surface area contributed by atoms with Gasteiger partial charge in [0.25, 0.3) is 0 Å². The number of tetrazole rings is 1. The fourth-order valence-electron chi connectivity index (χ4n) is 6.40. The predicted octanol–water partition coefficient (Wildman–Crippen LogP) is 2.89. The second-order valence-electron chi connectivity index (χ2n) is 11.8. The van der Waals surface area contributed by atoms with E-state index < -0.39 is 11.5 Å². The minimum absolute atomic E-state index is 0.0120. The van der Waals surface area contributed by atoms with Crippen LogP contribution in [0.1, 0.15) is 57.9 Å². The topological polar surface area (TPSA) is 148 Å². The van der Waals surface area contributed by atoms with E-state index in [0.717, 1.165) is 35.2 Å². The number of fused-ring (bicyclic) bond motifs is 1. The van der Waals surface area contributed by atoms with Crippen LogP contribution in [0.25, 0.3) is 5.69 Å². The summed E-state index contributed by atoms with van der Waals surface area (Å²) in [5.74, 6) is 0.0306. The number of aromatic nitrogens is 6. The number of nitrogens with one attached hydrogen (secondary N) is 2. The van der Waals surface area contributed by atoms with Gasteiger partial charge < -0.3 is 20.1 Å². The molecule has 2 N–H and O–H groups in total. The van der Waals surface area contributed by atoms with Gasteiger partial charge in [0.05, 0.1) is 25.1 Å². The standard InChI is InChI=1S/C28H35FN10O3/c1-28(2)14-18(11-19-5-4-8-38(19)28)32-25-17(15-30)16-31-26(34-25)33-22-13-23(39-27(40)37(3)35-36-39)24(12-21(22)29)42-20-6-9-41-10-7-20/h12-13,16,18-20H,4-11,14H2,1-3H3,(H2,31,32,33,34)/t18-,19+/m1/s1. The Kier molecular flexibility index (Phi) is 7.54. The van der Waals surface area contributed by atoms with E-state index in [-0.39, 0.29) is 40.8 Å². The van der Waals surface area contributed by atoms with Gasteiger partial charge in [-0.05, 0) is 62.6 Å². The van der Waals surface area contributed by atoms with Crippen molar-refractivity contribution in [2.45, 2.75) is 76.1 Å². The molecule has 6 rings (SSSR count). The molecule has 13 nitrogen and oxygen atoms in total. The second kappa shape index (κ2) is 11.3. The minimum Gasteiger partial charge on any atom is -0.488 e. The molecule has 0 bridgehead atoms. The number of nitriles is 1. The van der Waals surface area contributed by atoms with Crippen LogP contribution in [0.5, 0.6) is 5.75 Å². The second-order valence-corrected chi connectivity index (χ2v) is 11.8. The maximum atomic E-state index is 15.5. The quantitative estimate of drug-likeness (QED) is 0.426. The smallest absolute Gasteiger partial charge is 0.368 e. The summed E-state index contributed by atoms with van der Waals surface area (Å²) in [5, 5.41) is 23.9. The lowest BCUT2D eigenvalue weighted by molar-refractivity contribution is 0.0254. The SMILES string of the molecule is Cn1nnn(-c2cc(Nc3ncc(C#N)c(N[C@@H]4C[C@@H]5CCCN5C(C)(C)C4)n3)c(F)cc2OC2CCOCC2)c1=O. The summed E-state index contributed by atoms with van der Waals surface area (Å²) in [6, 6.07) is 5.42. The van der Waals surface area contributed by atoms with Crippen molar-refractivity contribution in [1.82, 2.24) is 34.7 Å². The Morgan fingerprint density at radius 1 is 1.21 bits per heavy atom. The van der Waals surface area contributed by atoms with Crippen LogP contribution in [0.3, 0.4) is 0 Å². The highest BCUT2D eigenvalue weighted by Gasteiger charge is 2.43. The summed E-state index contributed by atoms with van der Waals surface area (Å²) in [4.78, 5) is 24.1. The number of benzene rings is 1. The zero-order valence-electron chi connectivity index (χ0n) is 24.0. The van der Waals surface area contributed by atoms with Crippen LogP contribution in [0.4, 0.5) is 21.8 Å². The number of ether oxygens (including phenoxy) is 2. The van der Waals surface area contributed by atoms with Crippen molar-refractivity contribution in [3.63, 3.8) is 0 Å². The summed E-state index contributed by atoms with van der Waals surface area (Å²) >= 11 is 0. The highest BCUT2D eigenvalue weighted by Crippen LogP contribution is 2.39. The van der Waals surface area contributed by atoms with E-state index in [0.29, 0.717) is 43.5 Å². The van der Waals surface area contributed by atoms with E-state index in [9.17, 15) is 10.1 Å². The van der Waals surface area contributed by atoms with Gasteiger partial charge in [-0.25, -0.2) is 14.2 Å². The molecule has 5 heterocycles. The van der Waals surface area contributed by atoms with Crippen molar-refractivity contribution in [2.24, 2.45) is 7.05 Å². The molecule has 2 aromatic heterocycles. The first-order chi connectivity index (χ1) is 20.2. The molecular weight excluding hydrogens is 543 g/mol. The largest absolute Gasteiger partial charge is 0.488 e. The predicted molar refractivity (Wildman–Crippen MR) is 152 cm³/mol. The fourth-order valence-corrected chi connectivity index (χ4v) is 6.40. The van der Waals surface area contributed by atoms with Gasteiger partial charge in [-0.3, -0.25) is 4.90 Å². The lowest BCUT2D eigenvalue weighted by Crippen LogP contribution is -2.55. The molecule has 3 aliphatic rings. The first kappa shape index (κ1) is 28.0. The molecule has 0 aliphatic carbocycles. The summed E-state index contributed by atoms with van der Waals surface area (Å²) in [7, 11) is 1.48. The fraction of sp³-hybridized carbons (Fsp3) is 0.571. The number of halogens is 1. The van der Waals surface area contributed by atoms with Crippen molar-refractivity contribution < 1.29 is 13.9 Å². The van der Waals surface area contributed by atoms with Crippen LogP contribution in [0, 0.1) is 17.1 Å². The Morgan fingerprint density at radius 3 is 2.76 bits per heavy atom. The number of aryl methyl sites for hydroxylation is 1. The summed E-state index contributed by atoms with van der Waals surface area (Å²) in [5.41, 5.74) is 0.0603. The van der Waals surface area contributed by atoms with E-state index in [2.05, 4.69) is 55.8 Å². The molecule has 0 unspecified atom stereocenters. The summed E-state index contributed by atoms with van der Waals surface area (Å²) in [6.45, 7) is 6.71. The summed E-state index contributed by atoms with van der Waals surface area (Å²) < 4.78 is 29.1. The number of nitrogens with zero attached hydrogens (tertiary/aromatic N) is 8. The normalized spacial score (nSPS) is 22.4. The van der Waals surface area contributed by atoms with Crippen LogP contribution in [-0.4, -0.2) is 78.1 Å². The summed E-state index contributed by atoms with van der Waals surface area (Å²) in [6.07, 6.45) is 6.72.